The van der Waals surface area contributed by atoms with Gasteiger partial charge in [0, 0.05) is 0 Å². The van der Waals surface area contributed by atoms with Crippen molar-refractivity contribution in [2.24, 2.45) is 0 Å². The van der Waals surface area contributed by atoms with E-state index in [-0.39, 0.29) is 18.0 Å². The van der Waals surface area contributed by atoms with E-state index in [1.165, 1.54) is 12.1 Å². The Balaban J connectivity index is 2.31. The number of hydrogen-bond donors (Lipinski definition) is 2. The van der Waals surface area contributed by atoms with Gasteiger partial charge in [-0.15, -0.1) is 0 Å². The molecule has 2 rings (SSSR count). The van der Waals surface area contributed by atoms with Crippen LogP contribution in [0.5, 0.6) is 0 Å². The first-order valence-electron chi connectivity index (χ1n) is 4.89. The van der Waals surface area contributed by atoms with Gasteiger partial charge in [-0.05, 0) is 37.1 Å². The lowest BCUT2D eigenvalue weighted by Gasteiger charge is -2.27. The Bertz CT molecular complexity index is 304. The zero-order chi connectivity index (χ0) is 10.0. The normalized spacial score (nSPS) is 26.7. The van der Waals surface area contributed by atoms with E-state index >= 15 is 0 Å². The SMILES string of the molecule is OCC1(c2ccc(F)cc2)CCCN1. The second-order valence-electron chi connectivity index (χ2n) is 3.78. The molecule has 76 valence electrons. The molecule has 1 fully saturated rings. The Morgan fingerprint density at radius 1 is 1.36 bits per heavy atom. The van der Waals surface area contributed by atoms with Gasteiger partial charge in [0.25, 0.3) is 0 Å². The number of aliphatic hydroxyl groups is 1. The molecule has 0 bridgehead atoms. The van der Waals surface area contributed by atoms with Crippen molar-refractivity contribution in [1.82, 2.24) is 5.32 Å². The highest BCUT2D eigenvalue weighted by atomic mass is 19.1. The fourth-order valence-electron chi connectivity index (χ4n) is 2.05. The molecule has 3 heteroatoms. The highest BCUT2D eigenvalue weighted by molar-refractivity contribution is 5.26. The largest absolute Gasteiger partial charge is 0.394 e. The monoisotopic (exact) mass is 195 g/mol. The third-order valence-electron chi connectivity index (χ3n) is 2.91. The topological polar surface area (TPSA) is 32.3 Å². The summed E-state index contributed by atoms with van der Waals surface area (Å²) in [5.41, 5.74) is 0.632. The fourth-order valence-corrected chi connectivity index (χ4v) is 2.05. The molecule has 1 aliphatic heterocycles. The lowest BCUT2D eigenvalue weighted by molar-refractivity contribution is 0.178. The van der Waals surface area contributed by atoms with E-state index in [0.717, 1.165) is 24.9 Å². The number of aliphatic hydroxyl groups excluding tert-OH is 1. The molecule has 0 amide bonds. The van der Waals surface area contributed by atoms with E-state index < -0.39 is 0 Å². The molecule has 2 nitrogen and oxygen atoms in total. The van der Waals surface area contributed by atoms with Gasteiger partial charge < -0.3 is 10.4 Å². The maximum Gasteiger partial charge on any atom is 0.123 e. The van der Waals surface area contributed by atoms with Crippen LogP contribution in [0.15, 0.2) is 24.3 Å². The molecule has 0 saturated carbocycles. The van der Waals surface area contributed by atoms with Gasteiger partial charge >= 0.3 is 0 Å². The second kappa shape index (κ2) is 3.67. The first kappa shape index (κ1) is 9.62. The lowest BCUT2D eigenvalue weighted by atomic mass is 9.89. The Morgan fingerprint density at radius 2 is 2.07 bits per heavy atom. The maximum atomic E-state index is 12.7. The number of halogens is 1. The van der Waals surface area contributed by atoms with Crippen molar-refractivity contribution in [2.75, 3.05) is 13.2 Å². The van der Waals surface area contributed by atoms with Gasteiger partial charge in [-0.1, -0.05) is 12.1 Å². The van der Waals surface area contributed by atoms with Crippen molar-refractivity contribution in [3.8, 4) is 0 Å². The molecular formula is C11H14FNO. The molecule has 0 aromatic heterocycles. The first-order valence-corrected chi connectivity index (χ1v) is 4.89. The summed E-state index contributed by atoms with van der Waals surface area (Å²) in [7, 11) is 0. The Morgan fingerprint density at radius 3 is 2.57 bits per heavy atom. The van der Waals surface area contributed by atoms with E-state index in [1.807, 2.05) is 0 Å². The molecular weight excluding hydrogens is 181 g/mol. The molecule has 0 spiro atoms. The average molecular weight is 195 g/mol. The van der Waals surface area contributed by atoms with Crippen LogP contribution in [-0.2, 0) is 5.54 Å². The van der Waals surface area contributed by atoms with E-state index in [2.05, 4.69) is 5.32 Å². The highest BCUT2D eigenvalue weighted by Gasteiger charge is 2.34. The zero-order valence-electron chi connectivity index (χ0n) is 7.96. The van der Waals surface area contributed by atoms with Crippen LogP contribution in [0.1, 0.15) is 18.4 Å². The summed E-state index contributed by atoms with van der Waals surface area (Å²) < 4.78 is 12.7. The van der Waals surface area contributed by atoms with Gasteiger partial charge in [0.15, 0.2) is 0 Å². The summed E-state index contributed by atoms with van der Waals surface area (Å²) in [5, 5.41) is 12.7. The van der Waals surface area contributed by atoms with Crippen molar-refractivity contribution in [3.05, 3.63) is 35.6 Å². The summed E-state index contributed by atoms with van der Waals surface area (Å²) >= 11 is 0. The molecule has 1 heterocycles. The molecule has 0 aliphatic carbocycles. The highest BCUT2D eigenvalue weighted by Crippen LogP contribution is 2.30. The molecule has 1 saturated heterocycles. The molecule has 1 atom stereocenters. The van der Waals surface area contributed by atoms with Crippen LogP contribution in [0.2, 0.25) is 0 Å². The second-order valence-corrected chi connectivity index (χ2v) is 3.78. The summed E-state index contributed by atoms with van der Waals surface area (Å²) in [5.74, 6) is -0.236. The third-order valence-corrected chi connectivity index (χ3v) is 2.91. The number of hydrogen-bond acceptors (Lipinski definition) is 2. The minimum Gasteiger partial charge on any atom is -0.394 e. The summed E-state index contributed by atoms with van der Waals surface area (Å²) in [6.45, 7) is 0.983. The van der Waals surface area contributed by atoms with Crippen molar-refractivity contribution in [1.29, 1.82) is 0 Å². The van der Waals surface area contributed by atoms with Crippen LogP contribution in [0.4, 0.5) is 4.39 Å². The van der Waals surface area contributed by atoms with E-state index in [4.69, 9.17) is 0 Å². The number of nitrogens with one attached hydrogen (secondary N) is 1. The molecule has 2 N–H and O–H groups in total. The minimum atomic E-state index is -0.340. The predicted molar refractivity (Wildman–Crippen MR) is 52.4 cm³/mol. The fraction of sp³-hybridized carbons (Fsp3) is 0.455. The minimum absolute atomic E-state index is 0.0681. The van der Waals surface area contributed by atoms with Crippen LogP contribution in [-0.4, -0.2) is 18.3 Å². The Kier molecular flexibility index (Phi) is 2.52. The van der Waals surface area contributed by atoms with Gasteiger partial charge in [-0.3, -0.25) is 0 Å². The van der Waals surface area contributed by atoms with Gasteiger partial charge in [-0.2, -0.15) is 0 Å². The molecule has 1 unspecified atom stereocenters. The van der Waals surface area contributed by atoms with E-state index in [9.17, 15) is 9.50 Å². The first-order chi connectivity index (χ1) is 6.77. The van der Waals surface area contributed by atoms with E-state index in [0.29, 0.717) is 0 Å². The quantitative estimate of drug-likeness (QED) is 0.747. The Labute approximate surface area is 82.8 Å². The van der Waals surface area contributed by atoms with Crippen LogP contribution in [0, 0.1) is 5.82 Å². The lowest BCUT2D eigenvalue weighted by Crippen LogP contribution is -2.40. The third kappa shape index (κ3) is 1.53. The van der Waals surface area contributed by atoms with Crippen molar-refractivity contribution in [3.63, 3.8) is 0 Å². The molecule has 0 radical (unpaired) electrons. The van der Waals surface area contributed by atoms with Crippen LogP contribution in [0.25, 0.3) is 0 Å². The summed E-state index contributed by atoms with van der Waals surface area (Å²) in [6, 6.07) is 6.35. The summed E-state index contributed by atoms with van der Waals surface area (Å²) in [6.07, 6.45) is 1.97. The maximum absolute atomic E-state index is 12.7. The van der Waals surface area contributed by atoms with Crippen LogP contribution >= 0.6 is 0 Å². The predicted octanol–water partition coefficient (Wildman–Crippen LogP) is 1.40. The average Bonchev–Trinajstić information content (AvgIpc) is 2.68. The van der Waals surface area contributed by atoms with Crippen molar-refractivity contribution >= 4 is 0 Å². The van der Waals surface area contributed by atoms with Gasteiger partial charge in [-0.25, -0.2) is 4.39 Å². The zero-order valence-corrected chi connectivity index (χ0v) is 7.96. The standard InChI is InChI=1S/C11H14FNO/c12-10-4-2-9(3-5-10)11(8-14)6-1-7-13-11/h2-5,13-14H,1,6-8H2. The van der Waals surface area contributed by atoms with Gasteiger partial charge in [0.2, 0.25) is 0 Å². The van der Waals surface area contributed by atoms with Crippen molar-refractivity contribution in [2.45, 2.75) is 18.4 Å². The van der Waals surface area contributed by atoms with Gasteiger partial charge in [0.1, 0.15) is 5.82 Å². The smallest absolute Gasteiger partial charge is 0.123 e. The van der Waals surface area contributed by atoms with Crippen molar-refractivity contribution < 1.29 is 9.50 Å². The van der Waals surface area contributed by atoms with Crippen LogP contribution < -0.4 is 5.32 Å². The van der Waals surface area contributed by atoms with Gasteiger partial charge in [0.05, 0.1) is 12.1 Å². The Hall–Kier alpha value is -0.930. The molecule has 14 heavy (non-hydrogen) atoms. The molecule has 1 aliphatic rings. The molecule has 1 aromatic rings. The number of benzene rings is 1. The van der Waals surface area contributed by atoms with E-state index in [1.54, 1.807) is 12.1 Å². The summed E-state index contributed by atoms with van der Waals surface area (Å²) in [4.78, 5) is 0. The molecule has 1 aromatic carbocycles. The number of rotatable bonds is 2. The van der Waals surface area contributed by atoms with Crippen LogP contribution in [0.3, 0.4) is 0 Å².